The van der Waals surface area contributed by atoms with E-state index in [0.29, 0.717) is 23.7 Å². The Kier molecular flexibility index (Phi) is 6.08. The van der Waals surface area contributed by atoms with Crippen molar-refractivity contribution in [1.82, 2.24) is 9.55 Å². The van der Waals surface area contributed by atoms with Crippen LogP contribution in [0.1, 0.15) is 16.1 Å². The molecule has 0 bridgehead atoms. The third kappa shape index (κ3) is 5.60. The van der Waals surface area contributed by atoms with Gasteiger partial charge in [-0.2, -0.15) is 0 Å². The van der Waals surface area contributed by atoms with E-state index >= 15 is 0 Å². The van der Waals surface area contributed by atoms with Crippen molar-refractivity contribution in [2.24, 2.45) is 0 Å². The lowest BCUT2D eigenvalue weighted by atomic mass is 10.2. The molecule has 156 valence electrons. The first kappa shape index (κ1) is 20.0. The van der Waals surface area contributed by atoms with Gasteiger partial charge in [0.25, 0.3) is 11.8 Å². The van der Waals surface area contributed by atoms with E-state index in [2.05, 4.69) is 15.6 Å². The van der Waals surface area contributed by atoms with Crippen LogP contribution in [-0.2, 0) is 11.3 Å². The molecule has 2 amide bonds. The number of carbonyl (C=O) groups excluding carboxylic acids is 2. The Hall–Kier alpha value is -4.33. The van der Waals surface area contributed by atoms with Gasteiger partial charge in [-0.05, 0) is 42.0 Å². The monoisotopic (exact) mass is 416 g/mol. The maximum Gasteiger partial charge on any atom is 0.291 e. The fourth-order valence-electron chi connectivity index (χ4n) is 2.95. The molecule has 0 radical (unpaired) electrons. The summed E-state index contributed by atoms with van der Waals surface area (Å²) in [5, 5.41) is 5.54. The summed E-state index contributed by atoms with van der Waals surface area (Å²) in [4.78, 5) is 28.4. The molecule has 0 saturated heterocycles. The highest BCUT2D eigenvalue weighted by Gasteiger charge is 2.10. The molecule has 0 unspecified atom stereocenters. The summed E-state index contributed by atoms with van der Waals surface area (Å²) < 4.78 is 12.6. The average Bonchev–Trinajstić information content (AvgIpc) is 3.47. The molecule has 4 aromatic rings. The molecular weight excluding hydrogens is 396 g/mol. The number of rotatable bonds is 8. The largest absolute Gasteiger partial charge is 0.484 e. The van der Waals surface area contributed by atoms with E-state index in [0.717, 1.165) is 5.56 Å². The van der Waals surface area contributed by atoms with Crippen LogP contribution in [0.4, 0.5) is 11.4 Å². The molecule has 0 aliphatic rings. The quantitative estimate of drug-likeness (QED) is 0.455. The molecule has 2 aromatic carbocycles. The van der Waals surface area contributed by atoms with Gasteiger partial charge >= 0.3 is 0 Å². The SMILES string of the molecule is O=C(COc1cccc(NC(=O)c2ccco2)c1)Nc1cccc(Cn2ccnc2)c1. The molecule has 0 aliphatic carbocycles. The van der Waals surface area contributed by atoms with E-state index in [1.165, 1.54) is 6.26 Å². The first-order valence-electron chi connectivity index (χ1n) is 9.58. The number of nitrogens with zero attached hydrogens (tertiary/aromatic N) is 2. The smallest absolute Gasteiger partial charge is 0.291 e. The van der Waals surface area contributed by atoms with Crippen molar-refractivity contribution in [3.63, 3.8) is 0 Å². The Bertz CT molecular complexity index is 1150. The zero-order chi connectivity index (χ0) is 21.5. The number of amides is 2. The Balaban J connectivity index is 1.30. The zero-order valence-corrected chi connectivity index (χ0v) is 16.5. The van der Waals surface area contributed by atoms with Gasteiger partial charge in [0.05, 0.1) is 12.6 Å². The molecule has 2 aromatic heterocycles. The fraction of sp³-hybridized carbons (Fsp3) is 0.0870. The second kappa shape index (κ2) is 9.45. The number of anilines is 2. The van der Waals surface area contributed by atoms with Crippen LogP contribution < -0.4 is 15.4 Å². The van der Waals surface area contributed by atoms with Crippen LogP contribution in [0.5, 0.6) is 5.75 Å². The molecular formula is C23H20N4O4. The van der Waals surface area contributed by atoms with Gasteiger partial charge < -0.3 is 24.4 Å². The molecule has 0 aliphatic heterocycles. The maximum absolute atomic E-state index is 12.3. The minimum Gasteiger partial charge on any atom is -0.484 e. The Labute approximate surface area is 178 Å². The van der Waals surface area contributed by atoms with E-state index in [-0.39, 0.29) is 24.2 Å². The average molecular weight is 416 g/mol. The second-order valence-corrected chi connectivity index (χ2v) is 6.73. The van der Waals surface area contributed by atoms with Crippen molar-refractivity contribution in [1.29, 1.82) is 0 Å². The van der Waals surface area contributed by atoms with E-state index in [1.54, 1.807) is 48.9 Å². The van der Waals surface area contributed by atoms with Crippen LogP contribution >= 0.6 is 0 Å². The summed E-state index contributed by atoms with van der Waals surface area (Å²) in [7, 11) is 0. The Morgan fingerprint density at radius 2 is 1.84 bits per heavy atom. The third-order valence-electron chi connectivity index (χ3n) is 4.34. The molecule has 4 rings (SSSR count). The zero-order valence-electron chi connectivity index (χ0n) is 16.5. The summed E-state index contributed by atoms with van der Waals surface area (Å²) in [6, 6.07) is 17.6. The number of hydrogen-bond donors (Lipinski definition) is 2. The van der Waals surface area contributed by atoms with E-state index in [4.69, 9.17) is 9.15 Å². The van der Waals surface area contributed by atoms with Crippen LogP contribution in [0.25, 0.3) is 0 Å². The molecule has 2 N–H and O–H groups in total. The van der Waals surface area contributed by atoms with E-state index in [9.17, 15) is 9.59 Å². The number of furan rings is 1. The van der Waals surface area contributed by atoms with Crippen molar-refractivity contribution in [3.05, 3.63) is 97.0 Å². The molecule has 8 heteroatoms. The fourth-order valence-corrected chi connectivity index (χ4v) is 2.95. The standard InChI is InChI=1S/C23H20N4O4/c28-22(25-18-5-1-4-17(12-18)14-27-10-9-24-16-27)15-31-20-7-2-6-19(13-20)26-23(29)21-8-3-11-30-21/h1-13,16H,14-15H2,(H,25,28)(H,26,29). The van der Waals surface area contributed by atoms with Gasteiger partial charge in [-0.3, -0.25) is 9.59 Å². The molecule has 8 nitrogen and oxygen atoms in total. The van der Waals surface area contributed by atoms with Crippen LogP contribution in [0.15, 0.2) is 90.1 Å². The molecule has 31 heavy (non-hydrogen) atoms. The number of benzene rings is 2. The van der Waals surface area contributed by atoms with Crippen LogP contribution in [0.3, 0.4) is 0 Å². The second-order valence-electron chi connectivity index (χ2n) is 6.73. The highest BCUT2D eigenvalue weighted by Crippen LogP contribution is 2.19. The minimum absolute atomic E-state index is 0.165. The van der Waals surface area contributed by atoms with Crippen LogP contribution in [-0.4, -0.2) is 28.0 Å². The number of imidazole rings is 1. The van der Waals surface area contributed by atoms with Crippen LogP contribution in [0, 0.1) is 0 Å². The lowest BCUT2D eigenvalue weighted by molar-refractivity contribution is -0.118. The van der Waals surface area contributed by atoms with Gasteiger partial charge in [-0.1, -0.05) is 18.2 Å². The number of aromatic nitrogens is 2. The highest BCUT2D eigenvalue weighted by molar-refractivity contribution is 6.02. The van der Waals surface area contributed by atoms with Gasteiger partial charge in [0.1, 0.15) is 5.75 Å². The number of carbonyl (C=O) groups is 2. The van der Waals surface area contributed by atoms with Crippen molar-refractivity contribution < 1.29 is 18.7 Å². The molecule has 2 heterocycles. The van der Waals surface area contributed by atoms with Crippen molar-refractivity contribution in [2.45, 2.75) is 6.54 Å². The maximum atomic E-state index is 12.3. The van der Waals surface area contributed by atoms with Crippen LogP contribution in [0.2, 0.25) is 0 Å². The van der Waals surface area contributed by atoms with E-state index in [1.807, 2.05) is 35.0 Å². The van der Waals surface area contributed by atoms with Gasteiger partial charge in [0, 0.05) is 36.4 Å². The Morgan fingerprint density at radius 3 is 2.61 bits per heavy atom. The summed E-state index contributed by atoms with van der Waals surface area (Å²) in [5.41, 5.74) is 2.26. The van der Waals surface area contributed by atoms with Gasteiger partial charge in [-0.15, -0.1) is 0 Å². The number of ether oxygens (including phenoxy) is 1. The van der Waals surface area contributed by atoms with Crippen molar-refractivity contribution >= 4 is 23.2 Å². The summed E-state index contributed by atoms with van der Waals surface area (Å²) >= 11 is 0. The summed E-state index contributed by atoms with van der Waals surface area (Å²) in [6.45, 7) is 0.498. The minimum atomic E-state index is -0.365. The summed E-state index contributed by atoms with van der Waals surface area (Å²) in [5.74, 6) is 0.0162. The lowest BCUT2D eigenvalue weighted by Crippen LogP contribution is -2.20. The van der Waals surface area contributed by atoms with Gasteiger partial charge in [0.15, 0.2) is 12.4 Å². The van der Waals surface area contributed by atoms with E-state index < -0.39 is 0 Å². The molecule has 0 atom stereocenters. The highest BCUT2D eigenvalue weighted by atomic mass is 16.5. The van der Waals surface area contributed by atoms with Gasteiger partial charge in [0.2, 0.25) is 0 Å². The number of hydrogen-bond acceptors (Lipinski definition) is 5. The summed E-state index contributed by atoms with van der Waals surface area (Å²) in [6.07, 6.45) is 6.77. The van der Waals surface area contributed by atoms with Crippen molar-refractivity contribution in [2.75, 3.05) is 17.2 Å². The predicted octanol–water partition coefficient (Wildman–Crippen LogP) is 3.79. The molecule has 0 saturated carbocycles. The van der Waals surface area contributed by atoms with Crippen molar-refractivity contribution in [3.8, 4) is 5.75 Å². The number of nitrogens with one attached hydrogen (secondary N) is 2. The predicted molar refractivity (Wildman–Crippen MR) is 115 cm³/mol. The molecule has 0 spiro atoms. The Morgan fingerprint density at radius 1 is 1.00 bits per heavy atom. The first-order chi connectivity index (χ1) is 15.2. The lowest BCUT2D eigenvalue weighted by Gasteiger charge is -2.10. The third-order valence-corrected chi connectivity index (χ3v) is 4.34. The molecule has 0 fully saturated rings. The van der Waals surface area contributed by atoms with Gasteiger partial charge in [-0.25, -0.2) is 4.98 Å². The topological polar surface area (TPSA) is 98.4 Å². The first-order valence-corrected chi connectivity index (χ1v) is 9.58. The normalized spacial score (nSPS) is 10.5.